The van der Waals surface area contributed by atoms with Gasteiger partial charge < -0.3 is 14.8 Å². The third-order valence-corrected chi connectivity index (χ3v) is 5.82. The van der Waals surface area contributed by atoms with Crippen molar-refractivity contribution in [2.45, 2.75) is 31.1 Å². The number of para-hydroxylation sites is 2. The van der Waals surface area contributed by atoms with Gasteiger partial charge in [-0.1, -0.05) is 54.2 Å². The van der Waals surface area contributed by atoms with Gasteiger partial charge in [-0.25, -0.2) is 4.98 Å². The first-order valence-corrected chi connectivity index (χ1v) is 10.5. The normalized spacial score (nSPS) is 16.1. The van der Waals surface area contributed by atoms with Gasteiger partial charge in [0.25, 0.3) is 0 Å². The Kier molecular flexibility index (Phi) is 5.67. The summed E-state index contributed by atoms with van der Waals surface area (Å²) in [5, 5.41) is 3.69. The van der Waals surface area contributed by atoms with Crippen molar-refractivity contribution in [3.63, 3.8) is 0 Å². The smallest absolute Gasteiger partial charge is 0.237 e. The molecule has 3 aromatic rings. The first kappa shape index (κ1) is 19.3. The molecule has 0 aliphatic carbocycles. The number of nitrogens with zero attached hydrogens (tertiary/aromatic N) is 3. The van der Waals surface area contributed by atoms with Crippen LogP contribution in [-0.4, -0.2) is 33.2 Å². The van der Waals surface area contributed by atoms with Crippen LogP contribution in [0.3, 0.4) is 0 Å². The van der Waals surface area contributed by atoms with E-state index in [9.17, 15) is 9.59 Å². The molecule has 0 fully saturated rings. The Morgan fingerprint density at radius 2 is 1.93 bits per heavy atom. The summed E-state index contributed by atoms with van der Waals surface area (Å²) in [7, 11) is 0. The number of imidazole rings is 1. The summed E-state index contributed by atoms with van der Waals surface area (Å²) in [4.78, 5) is 31.4. The predicted molar refractivity (Wildman–Crippen MR) is 115 cm³/mol. The van der Waals surface area contributed by atoms with Crippen LogP contribution >= 0.6 is 11.8 Å². The van der Waals surface area contributed by atoms with Crippen LogP contribution in [0.2, 0.25) is 0 Å². The maximum Gasteiger partial charge on any atom is 0.237 e. The topological polar surface area (TPSA) is 67.2 Å². The fourth-order valence-electron chi connectivity index (χ4n) is 3.50. The Hall–Kier alpha value is -3.06. The van der Waals surface area contributed by atoms with Crippen LogP contribution in [-0.2, 0) is 16.1 Å². The molecule has 0 bridgehead atoms. The number of carbonyl (C=O) groups excluding carboxylic acids is 2. The number of hydrogen-bond donors (Lipinski definition) is 1. The van der Waals surface area contributed by atoms with E-state index in [1.165, 1.54) is 17.3 Å². The van der Waals surface area contributed by atoms with Crippen LogP contribution < -0.4 is 10.2 Å². The molecule has 6 nitrogen and oxygen atoms in total. The minimum absolute atomic E-state index is 0.0410. The van der Waals surface area contributed by atoms with E-state index in [1.54, 1.807) is 11.1 Å². The second kappa shape index (κ2) is 8.53. The zero-order valence-electron chi connectivity index (χ0n) is 16.1. The highest BCUT2D eigenvalue weighted by Crippen LogP contribution is 2.32. The molecule has 0 saturated heterocycles. The molecule has 1 aromatic heterocycles. The fourth-order valence-corrected chi connectivity index (χ4v) is 4.32. The zero-order valence-corrected chi connectivity index (χ0v) is 16.9. The molecule has 1 aliphatic rings. The Morgan fingerprint density at radius 1 is 1.17 bits per heavy atom. The van der Waals surface area contributed by atoms with E-state index >= 15 is 0 Å². The van der Waals surface area contributed by atoms with Crippen molar-refractivity contribution in [3.8, 4) is 0 Å². The molecule has 0 radical (unpaired) electrons. The minimum atomic E-state index is -0.212. The van der Waals surface area contributed by atoms with E-state index < -0.39 is 0 Å². The molecule has 29 heavy (non-hydrogen) atoms. The largest absolute Gasteiger partial charge is 0.324 e. The molecule has 1 atom stereocenters. The Labute approximate surface area is 173 Å². The highest BCUT2D eigenvalue weighted by molar-refractivity contribution is 7.99. The van der Waals surface area contributed by atoms with Gasteiger partial charge in [0.1, 0.15) is 0 Å². The molecule has 148 valence electrons. The van der Waals surface area contributed by atoms with Crippen molar-refractivity contribution in [3.05, 3.63) is 72.6 Å². The monoisotopic (exact) mass is 406 g/mol. The number of anilines is 2. The van der Waals surface area contributed by atoms with Crippen LogP contribution in [0.15, 0.2) is 72.1 Å². The summed E-state index contributed by atoms with van der Waals surface area (Å²) >= 11 is 1.41. The maximum absolute atomic E-state index is 13.1. The highest BCUT2D eigenvalue weighted by Gasteiger charge is 2.29. The van der Waals surface area contributed by atoms with Crippen LogP contribution in [0, 0.1) is 0 Å². The molecular weight excluding hydrogens is 384 g/mol. The average Bonchev–Trinajstić information content (AvgIpc) is 3.10. The number of aromatic nitrogens is 2. The number of benzene rings is 2. The molecule has 2 heterocycles. The van der Waals surface area contributed by atoms with Gasteiger partial charge in [0.05, 0.1) is 17.1 Å². The zero-order chi connectivity index (χ0) is 20.2. The average molecular weight is 407 g/mol. The number of carbonyl (C=O) groups is 2. The number of thioether (sulfide) groups is 1. The van der Waals surface area contributed by atoms with Crippen molar-refractivity contribution in [1.29, 1.82) is 0 Å². The Bertz CT molecular complexity index is 1020. The first-order chi connectivity index (χ1) is 14.1. The van der Waals surface area contributed by atoms with Crippen molar-refractivity contribution in [2.24, 2.45) is 0 Å². The molecule has 0 saturated carbocycles. The van der Waals surface area contributed by atoms with E-state index in [0.717, 1.165) is 10.8 Å². The first-order valence-electron chi connectivity index (χ1n) is 9.50. The van der Waals surface area contributed by atoms with Crippen molar-refractivity contribution < 1.29 is 9.59 Å². The lowest BCUT2D eigenvalue weighted by molar-refractivity contribution is -0.117. The van der Waals surface area contributed by atoms with Crippen molar-refractivity contribution in [2.75, 3.05) is 16.0 Å². The third-order valence-electron chi connectivity index (χ3n) is 4.83. The second-order valence-electron chi connectivity index (χ2n) is 6.99. The number of nitrogens with one attached hydrogen (secondary N) is 1. The van der Waals surface area contributed by atoms with Crippen LogP contribution in [0.4, 0.5) is 11.4 Å². The minimum Gasteiger partial charge on any atom is -0.324 e. The lowest BCUT2D eigenvalue weighted by Gasteiger charge is -2.27. The van der Waals surface area contributed by atoms with E-state index in [2.05, 4.69) is 22.4 Å². The molecule has 1 N–H and O–H groups in total. The summed E-state index contributed by atoms with van der Waals surface area (Å²) in [6.07, 6.45) is 3.95. The second-order valence-corrected chi connectivity index (χ2v) is 7.94. The van der Waals surface area contributed by atoms with Gasteiger partial charge in [-0.3, -0.25) is 9.59 Å². The fraction of sp³-hybridized carbons (Fsp3) is 0.227. The molecule has 4 rings (SSSR count). The molecule has 7 heteroatoms. The number of hydrogen-bond acceptors (Lipinski definition) is 4. The van der Waals surface area contributed by atoms with Gasteiger partial charge in [0, 0.05) is 31.4 Å². The SMILES string of the molecule is CC1CC(=O)Nc2ccccc2N1C(=O)CSc1nccn1Cc1ccccc1. The summed E-state index contributed by atoms with van der Waals surface area (Å²) in [5.74, 6) is 0.130. The maximum atomic E-state index is 13.1. The summed E-state index contributed by atoms with van der Waals surface area (Å²) < 4.78 is 2.04. The highest BCUT2D eigenvalue weighted by atomic mass is 32.2. The third kappa shape index (κ3) is 4.35. The summed E-state index contributed by atoms with van der Waals surface area (Å²) in [6, 6.07) is 17.4. The van der Waals surface area contributed by atoms with E-state index in [1.807, 2.05) is 60.2 Å². The quantitative estimate of drug-likeness (QED) is 0.655. The van der Waals surface area contributed by atoms with Crippen LogP contribution in [0.5, 0.6) is 0 Å². The number of rotatable bonds is 5. The predicted octanol–water partition coefficient (Wildman–Crippen LogP) is 3.79. The Morgan fingerprint density at radius 3 is 2.76 bits per heavy atom. The van der Waals surface area contributed by atoms with Gasteiger partial charge in [0.15, 0.2) is 5.16 Å². The summed E-state index contributed by atoms with van der Waals surface area (Å²) in [6.45, 7) is 2.61. The van der Waals surface area contributed by atoms with Crippen molar-refractivity contribution >= 4 is 35.0 Å². The number of amides is 2. The van der Waals surface area contributed by atoms with Crippen LogP contribution in [0.25, 0.3) is 0 Å². The molecule has 2 amide bonds. The van der Waals surface area contributed by atoms with E-state index in [4.69, 9.17) is 0 Å². The van der Waals surface area contributed by atoms with Gasteiger partial charge in [0.2, 0.25) is 11.8 Å². The molecule has 2 aromatic carbocycles. The van der Waals surface area contributed by atoms with Gasteiger partial charge >= 0.3 is 0 Å². The number of fused-ring (bicyclic) bond motifs is 1. The standard InChI is InChI=1S/C22H22N4O2S/c1-16-13-20(27)24-18-9-5-6-10-19(18)26(16)21(28)15-29-22-23-11-12-25(22)14-17-7-3-2-4-8-17/h2-12,16H,13-15H2,1H3,(H,24,27). The van der Waals surface area contributed by atoms with E-state index in [0.29, 0.717) is 12.2 Å². The lowest BCUT2D eigenvalue weighted by Crippen LogP contribution is -2.40. The van der Waals surface area contributed by atoms with Gasteiger partial charge in [-0.2, -0.15) is 0 Å². The molecule has 1 unspecified atom stereocenters. The molecular formula is C22H22N4O2S. The summed E-state index contributed by atoms with van der Waals surface area (Å²) in [5.41, 5.74) is 2.59. The van der Waals surface area contributed by atoms with Crippen molar-refractivity contribution in [1.82, 2.24) is 9.55 Å². The molecule has 0 spiro atoms. The molecule has 1 aliphatic heterocycles. The Balaban J connectivity index is 1.49. The van der Waals surface area contributed by atoms with Gasteiger partial charge in [-0.05, 0) is 24.6 Å². The van der Waals surface area contributed by atoms with Crippen LogP contribution in [0.1, 0.15) is 18.9 Å². The van der Waals surface area contributed by atoms with E-state index in [-0.39, 0.29) is 30.0 Å². The lowest BCUT2D eigenvalue weighted by atomic mass is 10.2. The van der Waals surface area contributed by atoms with Gasteiger partial charge in [-0.15, -0.1) is 0 Å².